The van der Waals surface area contributed by atoms with Crippen molar-refractivity contribution in [3.05, 3.63) is 65.7 Å². The molecule has 3 fully saturated rings. The fourth-order valence-corrected chi connectivity index (χ4v) is 5.62. The van der Waals surface area contributed by atoms with Crippen LogP contribution in [0, 0.1) is 12.8 Å². The normalized spacial score (nSPS) is 25.7. The molecule has 2 bridgehead atoms. The maximum atomic E-state index is 13.2. The van der Waals surface area contributed by atoms with Gasteiger partial charge in [0.2, 0.25) is 10.0 Å². The molecule has 2 aromatic carbocycles. The average molecular weight is 327 g/mol. The first kappa shape index (κ1) is 14.9. The molecule has 3 nitrogen and oxygen atoms in total. The van der Waals surface area contributed by atoms with Crippen LogP contribution in [0.1, 0.15) is 30.4 Å². The number of aryl methyl sites for hydroxylation is 1. The van der Waals surface area contributed by atoms with E-state index in [0.717, 1.165) is 36.3 Å². The van der Waals surface area contributed by atoms with Crippen LogP contribution in [-0.2, 0) is 16.6 Å². The first-order valence-electron chi connectivity index (χ1n) is 8.13. The molecule has 0 atom stereocenters. The Morgan fingerprint density at radius 2 is 1.61 bits per heavy atom. The van der Waals surface area contributed by atoms with E-state index < -0.39 is 10.0 Å². The Morgan fingerprint density at radius 1 is 1.00 bits per heavy atom. The highest BCUT2D eigenvalue weighted by atomic mass is 32.2. The monoisotopic (exact) mass is 327 g/mol. The quantitative estimate of drug-likeness (QED) is 0.839. The molecule has 0 aromatic heterocycles. The summed E-state index contributed by atoms with van der Waals surface area (Å²) in [5.41, 5.74) is 1.99. The van der Waals surface area contributed by atoms with Crippen LogP contribution in [0.2, 0.25) is 0 Å². The molecule has 120 valence electrons. The SMILES string of the molecule is Cc1ccc(S(=O)(=O)N(Cc2ccccc2)C23CC(C2)C3)cc1. The Morgan fingerprint density at radius 3 is 2.13 bits per heavy atom. The minimum Gasteiger partial charge on any atom is -0.207 e. The zero-order valence-electron chi connectivity index (χ0n) is 13.3. The summed E-state index contributed by atoms with van der Waals surface area (Å²) in [4.78, 5) is 0.406. The van der Waals surface area contributed by atoms with Gasteiger partial charge in [-0.25, -0.2) is 8.42 Å². The van der Waals surface area contributed by atoms with Gasteiger partial charge in [0.15, 0.2) is 0 Å². The van der Waals surface area contributed by atoms with E-state index in [1.165, 1.54) is 0 Å². The molecule has 0 unspecified atom stereocenters. The van der Waals surface area contributed by atoms with E-state index in [4.69, 9.17) is 0 Å². The molecule has 0 aliphatic heterocycles. The van der Waals surface area contributed by atoms with Gasteiger partial charge < -0.3 is 0 Å². The van der Waals surface area contributed by atoms with Crippen LogP contribution < -0.4 is 0 Å². The van der Waals surface area contributed by atoms with Gasteiger partial charge in [0.1, 0.15) is 0 Å². The van der Waals surface area contributed by atoms with Gasteiger partial charge in [-0.3, -0.25) is 0 Å². The van der Waals surface area contributed by atoms with Crippen molar-refractivity contribution < 1.29 is 8.42 Å². The van der Waals surface area contributed by atoms with Crippen LogP contribution in [0.5, 0.6) is 0 Å². The molecule has 0 N–H and O–H groups in total. The van der Waals surface area contributed by atoms with E-state index >= 15 is 0 Å². The van der Waals surface area contributed by atoms with Crippen molar-refractivity contribution in [3.63, 3.8) is 0 Å². The molecule has 0 amide bonds. The second-order valence-electron chi connectivity index (χ2n) is 7.01. The summed E-state index contributed by atoms with van der Waals surface area (Å²) in [7, 11) is -3.46. The second-order valence-corrected chi connectivity index (χ2v) is 8.88. The number of hydrogen-bond acceptors (Lipinski definition) is 2. The highest BCUT2D eigenvalue weighted by Crippen LogP contribution is 2.62. The summed E-state index contributed by atoms with van der Waals surface area (Å²) in [6.07, 6.45) is 3.06. The Balaban J connectivity index is 1.71. The molecular weight excluding hydrogens is 306 g/mol. The maximum Gasteiger partial charge on any atom is 0.243 e. The zero-order valence-corrected chi connectivity index (χ0v) is 14.1. The number of benzene rings is 2. The van der Waals surface area contributed by atoms with E-state index in [1.54, 1.807) is 16.4 Å². The third-order valence-electron chi connectivity index (χ3n) is 5.31. The summed E-state index contributed by atoms with van der Waals surface area (Å²) < 4.78 is 28.2. The van der Waals surface area contributed by atoms with Gasteiger partial charge >= 0.3 is 0 Å². The average Bonchev–Trinajstić information content (AvgIpc) is 2.45. The molecule has 0 heterocycles. The number of rotatable bonds is 5. The smallest absolute Gasteiger partial charge is 0.207 e. The van der Waals surface area contributed by atoms with E-state index in [2.05, 4.69) is 0 Å². The van der Waals surface area contributed by atoms with Crippen LogP contribution in [0.15, 0.2) is 59.5 Å². The van der Waals surface area contributed by atoms with Crippen molar-refractivity contribution >= 4 is 10.0 Å². The molecule has 2 aromatic rings. The Bertz CT molecular complexity index is 795. The highest BCUT2D eigenvalue weighted by Gasteiger charge is 2.62. The summed E-state index contributed by atoms with van der Waals surface area (Å²) in [6.45, 7) is 2.43. The van der Waals surface area contributed by atoms with Crippen LogP contribution in [0.25, 0.3) is 0 Å². The predicted octanol–water partition coefficient (Wildman–Crippen LogP) is 3.74. The first-order valence-corrected chi connectivity index (χ1v) is 9.57. The van der Waals surface area contributed by atoms with Gasteiger partial charge in [-0.2, -0.15) is 4.31 Å². The molecule has 0 radical (unpaired) electrons. The molecule has 0 saturated heterocycles. The Labute approximate surface area is 138 Å². The van der Waals surface area contributed by atoms with Gasteiger partial charge in [0, 0.05) is 12.1 Å². The minimum absolute atomic E-state index is 0.135. The second kappa shape index (κ2) is 5.18. The molecule has 3 saturated carbocycles. The van der Waals surface area contributed by atoms with Gasteiger partial charge in [-0.1, -0.05) is 48.0 Å². The molecule has 23 heavy (non-hydrogen) atoms. The fraction of sp³-hybridized carbons (Fsp3) is 0.368. The van der Waals surface area contributed by atoms with E-state index in [9.17, 15) is 8.42 Å². The van der Waals surface area contributed by atoms with Crippen molar-refractivity contribution in [1.82, 2.24) is 4.31 Å². The van der Waals surface area contributed by atoms with E-state index in [-0.39, 0.29) is 5.54 Å². The molecule has 3 aliphatic carbocycles. The molecule has 3 aliphatic rings. The highest BCUT2D eigenvalue weighted by molar-refractivity contribution is 7.89. The van der Waals surface area contributed by atoms with Crippen LogP contribution in [0.4, 0.5) is 0 Å². The van der Waals surface area contributed by atoms with E-state index in [1.807, 2.05) is 49.4 Å². The van der Waals surface area contributed by atoms with Crippen molar-refractivity contribution in [3.8, 4) is 0 Å². The van der Waals surface area contributed by atoms with Gasteiger partial charge in [-0.15, -0.1) is 0 Å². The third kappa shape index (κ3) is 2.41. The number of sulfonamides is 1. The van der Waals surface area contributed by atoms with Crippen LogP contribution in [0.3, 0.4) is 0 Å². The molecular formula is C19H21NO2S. The summed E-state index contributed by atoms with van der Waals surface area (Å²) >= 11 is 0. The third-order valence-corrected chi connectivity index (χ3v) is 7.28. The first-order chi connectivity index (χ1) is 11.0. The van der Waals surface area contributed by atoms with Crippen molar-refractivity contribution in [2.45, 2.75) is 43.2 Å². The van der Waals surface area contributed by atoms with Crippen molar-refractivity contribution in [2.24, 2.45) is 5.92 Å². The number of nitrogens with zero attached hydrogens (tertiary/aromatic N) is 1. The summed E-state index contributed by atoms with van der Waals surface area (Å²) in [5, 5.41) is 0. The van der Waals surface area contributed by atoms with Gasteiger partial charge in [-0.05, 0) is 49.8 Å². The lowest BCUT2D eigenvalue weighted by Crippen LogP contribution is -2.68. The maximum absolute atomic E-state index is 13.2. The Hall–Kier alpha value is -1.65. The van der Waals surface area contributed by atoms with Crippen molar-refractivity contribution in [2.75, 3.05) is 0 Å². The fourth-order valence-electron chi connectivity index (χ4n) is 3.83. The summed E-state index contributed by atoms with van der Waals surface area (Å²) in [6, 6.07) is 17.1. The lowest BCUT2D eigenvalue weighted by Gasteiger charge is -2.65. The predicted molar refractivity (Wildman–Crippen MR) is 90.4 cm³/mol. The summed E-state index contributed by atoms with van der Waals surface area (Å²) in [5.74, 6) is 0.737. The van der Waals surface area contributed by atoms with Gasteiger partial charge in [0.25, 0.3) is 0 Å². The topological polar surface area (TPSA) is 37.4 Å². The molecule has 5 rings (SSSR count). The standard InChI is InChI=1S/C19H21NO2S/c1-15-7-9-18(10-8-15)23(21,22)20(19-11-17(12-19)13-19)14-16-5-3-2-4-6-16/h2-10,17H,11-14H2,1H3. The molecule has 4 heteroatoms. The van der Waals surface area contributed by atoms with Crippen molar-refractivity contribution in [1.29, 1.82) is 0 Å². The lowest BCUT2D eigenvalue weighted by atomic mass is 9.50. The molecule has 0 spiro atoms. The van der Waals surface area contributed by atoms with E-state index in [0.29, 0.717) is 11.4 Å². The lowest BCUT2D eigenvalue weighted by molar-refractivity contribution is -0.107. The largest absolute Gasteiger partial charge is 0.243 e. The number of hydrogen-bond donors (Lipinski definition) is 0. The van der Waals surface area contributed by atoms with Gasteiger partial charge in [0.05, 0.1) is 4.90 Å². The van der Waals surface area contributed by atoms with Crippen LogP contribution in [-0.4, -0.2) is 18.3 Å². The van der Waals surface area contributed by atoms with Crippen LogP contribution >= 0.6 is 0 Å². The minimum atomic E-state index is -3.46. The Kier molecular flexibility index (Phi) is 3.36. The zero-order chi connectivity index (χ0) is 16.1.